The van der Waals surface area contributed by atoms with Crippen molar-refractivity contribution in [2.45, 2.75) is 6.42 Å². The van der Waals surface area contributed by atoms with Crippen LogP contribution in [0.4, 0.5) is 0 Å². The normalized spacial score (nSPS) is 10.9. The number of nitrogens with zero attached hydrogens (tertiary/aromatic N) is 2. The number of hydrogen-bond acceptors (Lipinski definition) is 3. The van der Waals surface area contributed by atoms with Crippen molar-refractivity contribution in [3.05, 3.63) is 84.5 Å². The van der Waals surface area contributed by atoms with E-state index in [9.17, 15) is 4.79 Å². The van der Waals surface area contributed by atoms with Crippen LogP contribution in [0.15, 0.2) is 77.5 Å². The number of amides is 1. The molecule has 25 heavy (non-hydrogen) atoms. The van der Waals surface area contributed by atoms with Crippen molar-refractivity contribution < 1.29 is 9.21 Å². The molecule has 0 atom stereocenters. The average Bonchev–Trinajstić information content (AvgIpc) is 3.31. The smallest absolute Gasteiger partial charge is 0.251 e. The van der Waals surface area contributed by atoms with E-state index < -0.39 is 0 Å². The summed E-state index contributed by atoms with van der Waals surface area (Å²) in [7, 11) is 0. The molecule has 124 valence electrons. The van der Waals surface area contributed by atoms with Gasteiger partial charge in [-0.25, -0.2) is 4.98 Å². The Labute approximate surface area is 144 Å². The zero-order valence-corrected chi connectivity index (χ0v) is 13.6. The van der Waals surface area contributed by atoms with Gasteiger partial charge in [0.1, 0.15) is 5.52 Å². The van der Waals surface area contributed by atoms with E-state index in [-0.39, 0.29) is 5.91 Å². The fourth-order valence-corrected chi connectivity index (χ4v) is 2.70. The summed E-state index contributed by atoms with van der Waals surface area (Å²) in [5.74, 6) is 0.527. The molecule has 2 aromatic heterocycles. The number of para-hydroxylation sites is 2. The highest BCUT2D eigenvalue weighted by Gasteiger charge is 2.08. The van der Waals surface area contributed by atoms with Crippen molar-refractivity contribution >= 4 is 17.0 Å². The van der Waals surface area contributed by atoms with Crippen molar-refractivity contribution in [1.29, 1.82) is 0 Å². The predicted molar refractivity (Wildman–Crippen MR) is 95.8 cm³/mol. The summed E-state index contributed by atoms with van der Waals surface area (Å²) in [6.07, 6.45) is 4.49. The van der Waals surface area contributed by atoms with Crippen molar-refractivity contribution in [2.75, 3.05) is 6.54 Å². The minimum atomic E-state index is -0.102. The Hall–Kier alpha value is -3.34. The Balaban J connectivity index is 1.35. The number of hydrogen-bond donors (Lipinski definition) is 1. The van der Waals surface area contributed by atoms with Crippen LogP contribution in [0.5, 0.6) is 0 Å². The Morgan fingerprint density at radius 3 is 2.52 bits per heavy atom. The Morgan fingerprint density at radius 2 is 1.76 bits per heavy atom. The third-order valence-electron chi connectivity index (χ3n) is 3.99. The molecular weight excluding hydrogens is 314 g/mol. The summed E-state index contributed by atoms with van der Waals surface area (Å²) < 4.78 is 7.64. The van der Waals surface area contributed by atoms with Crippen LogP contribution >= 0.6 is 0 Å². The maximum atomic E-state index is 12.2. The standard InChI is InChI=1S/C20H17N3O2/c24-20(15-7-9-16(10-8-15)23-13-3-4-14-23)21-12-11-19-22-17-5-1-2-6-18(17)25-19/h1-10,13-14H,11-12H2,(H,21,24). The molecule has 1 amide bonds. The number of carbonyl (C=O) groups is 1. The van der Waals surface area contributed by atoms with Gasteiger partial charge in [0, 0.05) is 36.6 Å². The molecule has 0 spiro atoms. The highest BCUT2D eigenvalue weighted by molar-refractivity contribution is 5.94. The maximum Gasteiger partial charge on any atom is 0.251 e. The maximum absolute atomic E-state index is 12.2. The number of fused-ring (bicyclic) bond motifs is 1. The van der Waals surface area contributed by atoms with Crippen molar-refractivity contribution in [3.8, 4) is 5.69 Å². The summed E-state index contributed by atoms with van der Waals surface area (Å²) in [6, 6.07) is 19.1. The fourth-order valence-electron chi connectivity index (χ4n) is 2.70. The Morgan fingerprint density at radius 1 is 1.00 bits per heavy atom. The SMILES string of the molecule is O=C(NCCc1nc2ccccc2o1)c1ccc(-n2cccc2)cc1. The van der Waals surface area contributed by atoms with E-state index in [0.29, 0.717) is 24.4 Å². The fraction of sp³-hybridized carbons (Fsp3) is 0.100. The van der Waals surface area contributed by atoms with Crippen LogP contribution in [0.25, 0.3) is 16.8 Å². The number of aromatic nitrogens is 2. The molecule has 0 saturated carbocycles. The zero-order valence-electron chi connectivity index (χ0n) is 13.6. The lowest BCUT2D eigenvalue weighted by Gasteiger charge is -2.06. The molecule has 0 fully saturated rings. The van der Waals surface area contributed by atoms with Gasteiger partial charge >= 0.3 is 0 Å². The molecule has 0 unspecified atom stereocenters. The summed E-state index contributed by atoms with van der Waals surface area (Å²) in [5.41, 5.74) is 3.26. The Kier molecular flexibility index (Phi) is 4.04. The third kappa shape index (κ3) is 3.30. The quantitative estimate of drug-likeness (QED) is 0.608. The Bertz CT molecular complexity index is 952. The monoisotopic (exact) mass is 331 g/mol. The molecule has 0 aliphatic carbocycles. The van der Waals surface area contributed by atoms with E-state index >= 15 is 0 Å². The van der Waals surface area contributed by atoms with Gasteiger partial charge in [-0.1, -0.05) is 12.1 Å². The number of carbonyl (C=O) groups excluding carboxylic acids is 1. The van der Waals surface area contributed by atoms with Crippen molar-refractivity contribution in [1.82, 2.24) is 14.9 Å². The summed E-state index contributed by atoms with van der Waals surface area (Å²) in [6.45, 7) is 0.477. The van der Waals surface area contributed by atoms with Gasteiger partial charge in [-0.05, 0) is 48.5 Å². The molecule has 4 rings (SSSR count). The molecule has 0 aliphatic heterocycles. The van der Waals surface area contributed by atoms with Gasteiger partial charge in [-0.2, -0.15) is 0 Å². The molecule has 5 heteroatoms. The average molecular weight is 331 g/mol. The lowest BCUT2D eigenvalue weighted by Crippen LogP contribution is -2.25. The highest BCUT2D eigenvalue weighted by Crippen LogP contribution is 2.15. The van der Waals surface area contributed by atoms with Gasteiger partial charge in [0.15, 0.2) is 11.5 Å². The van der Waals surface area contributed by atoms with Gasteiger partial charge in [0.2, 0.25) is 0 Å². The third-order valence-corrected chi connectivity index (χ3v) is 3.99. The second-order valence-electron chi connectivity index (χ2n) is 5.72. The molecule has 2 aromatic carbocycles. The lowest BCUT2D eigenvalue weighted by atomic mass is 10.2. The summed E-state index contributed by atoms with van der Waals surface area (Å²) in [4.78, 5) is 16.6. The number of benzene rings is 2. The molecular formula is C20H17N3O2. The first-order valence-electron chi connectivity index (χ1n) is 8.16. The number of nitrogens with one attached hydrogen (secondary N) is 1. The van der Waals surface area contributed by atoms with Gasteiger partial charge in [0.25, 0.3) is 5.91 Å². The second-order valence-corrected chi connectivity index (χ2v) is 5.72. The van der Waals surface area contributed by atoms with E-state index in [1.165, 1.54) is 0 Å². The molecule has 0 saturated heterocycles. The topological polar surface area (TPSA) is 60.1 Å². The first kappa shape index (κ1) is 15.2. The van der Waals surface area contributed by atoms with Crippen LogP contribution in [-0.2, 0) is 6.42 Å². The van der Waals surface area contributed by atoms with Crippen molar-refractivity contribution in [2.24, 2.45) is 0 Å². The second kappa shape index (κ2) is 6.65. The van der Waals surface area contributed by atoms with E-state index in [1.807, 2.05) is 77.6 Å². The minimum Gasteiger partial charge on any atom is -0.441 e. The summed E-state index contributed by atoms with van der Waals surface area (Å²) in [5, 5.41) is 2.90. The van der Waals surface area contributed by atoms with Gasteiger partial charge in [-0.3, -0.25) is 4.79 Å². The molecule has 4 aromatic rings. The van der Waals surface area contributed by atoms with Crippen LogP contribution in [0.1, 0.15) is 16.2 Å². The van der Waals surface area contributed by atoms with Crippen molar-refractivity contribution in [3.63, 3.8) is 0 Å². The van der Waals surface area contributed by atoms with Gasteiger partial charge in [-0.15, -0.1) is 0 Å². The van der Waals surface area contributed by atoms with Gasteiger partial charge in [0.05, 0.1) is 0 Å². The first-order valence-corrected chi connectivity index (χ1v) is 8.16. The van der Waals surface area contributed by atoms with E-state index in [2.05, 4.69) is 10.3 Å². The van der Waals surface area contributed by atoms with Gasteiger partial charge < -0.3 is 14.3 Å². The molecule has 0 bridgehead atoms. The van der Waals surface area contributed by atoms with Crippen LogP contribution in [-0.4, -0.2) is 22.0 Å². The van der Waals surface area contributed by atoms with Crippen LogP contribution in [0, 0.1) is 0 Å². The number of rotatable bonds is 5. The zero-order chi connectivity index (χ0) is 17.1. The molecule has 0 radical (unpaired) electrons. The van der Waals surface area contributed by atoms with E-state index in [1.54, 1.807) is 0 Å². The molecule has 2 heterocycles. The molecule has 1 N–H and O–H groups in total. The van der Waals surface area contributed by atoms with E-state index in [4.69, 9.17) is 4.42 Å². The van der Waals surface area contributed by atoms with Crippen LogP contribution in [0.3, 0.4) is 0 Å². The van der Waals surface area contributed by atoms with E-state index in [0.717, 1.165) is 16.8 Å². The summed E-state index contributed by atoms with van der Waals surface area (Å²) >= 11 is 0. The minimum absolute atomic E-state index is 0.102. The first-order chi connectivity index (χ1) is 12.3. The molecule has 5 nitrogen and oxygen atoms in total. The number of oxazole rings is 1. The molecule has 0 aliphatic rings. The predicted octanol–water partition coefficient (Wildman–Crippen LogP) is 3.59. The van der Waals surface area contributed by atoms with Crippen LogP contribution in [0.2, 0.25) is 0 Å². The van der Waals surface area contributed by atoms with Crippen LogP contribution < -0.4 is 5.32 Å². The highest BCUT2D eigenvalue weighted by atomic mass is 16.3. The lowest BCUT2D eigenvalue weighted by molar-refractivity contribution is 0.0953. The largest absolute Gasteiger partial charge is 0.441 e.